The molecule has 0 radical (unpaired) electrons. The molecule has 9 nitrogen and oxygen atoms in total. The Morgan fingerprint density at radius 3 is 2.67 bits per heavy atom. The minimum atomic E-state index is -0.404. The van der Waals surface area contributed by atoms with Crippen molar-refractivity contribution < 1.29 is 9.59 Å². The number of nitrogens with one attached hydrogen (secondary N) is 2. The van der Waals surface area contributed by atoms with Crippen LogP contribution in [0.25, 0.3) is 0 Å². The van der Waals surface area contributed by atoms with Gasteiger partial charge in [0.25, 0.3) is 0 Å². The summed E-state index contributed by atoms with van der Waals surface area (Å²) in [5.41, 5.74) is 1.69. The summed E-state index contributed by atoms with van der Waals surface area (Å²) in [5, 5.41) is 6.82. The third kappa shape index (κ3) is 3.00. The molecule has 2 N–H and O–H groups in total. The zero-order valence-electron chi connectivity index (χ0n) is 15.8. The Balaban J connectivity index is 1.52. The van der Waals surface area contributed by atoms with Gasteiger partial charge in [-0.25, -0.2) is 9.97 Å². The maximum Gasteiger partial charge on any atom is 0.230 e. The number of rotatable bonds is 3. The van der Waals surface area contributed by atoms with Crippen molar-refractivity contribution >= 4 is 11.8 Å². The van der Waals surface area contributed by atoms with E-state index in [1.807, 2.05) is 23.6 Å². The molecule has 1 fully saturated rings. The van der Waals surface area contributed by atoms with E-state index in [9.17, 15) is 9.59 Å². The van der Waals surface area contributed by atoms with E-state index in [1.54, 1.807) is 6.33 Å². The van der Waals surface area contributed by atoms with E-state index in [0.29, 0.717) is 50.5 Å². The summed E-state index contributed by atoms with van der Waals surface area (Å²) >= 11 is 0. The first-order chi connectivity index (χ1) is 13.0. The van der Waals surface area contributed by atoms with Crippen LogP contribution >= 0.6 is 0 Å². The largest absolute Gasteiger partial charge is 0.348 e. The van der Waals surface area contributed by atoms with Gasteiger partial charge >= 0.3 is 0 Å². The number of nitrogens with zero attached hydrogens (tertiary/aromatic N) is 5. The fourth-order valence-corrected chi connectivity index (χ4v) is 4.38. The van der Waals surface area contributed by atoms with Gasteiger partial charge in [-0.15, -0.1) is 0 Å². The number of carbonyl (C=O) groups excluding carboxylic acids is 2. The summed E-state index contributed by atoms with van der Waals surface area (Å²) in [4.78, 5) is 41.1. The molecule has 144 valence electrons. The van der Waals surface area contributed by atoms with Gasteiger partial charge in [0, 0.05) is 38.2 Å². The second-order valence-corrected chi connectivity index (χ2v) is 7.30. The molecule has 2 aliphatic rings. The number of likely N-dealkylation sites (tertiary alicyclic amines) is 1. The zero-order valence-corrected chi connectivity index (χ0v) is 15.8. The van der Waals surface area contributed by atoms with Gasteiger partial charge in [0.05, 0.1) is 24.0 Å². The Kier molecular flexibility index (Phi) is 4.45. The number of amides is 2. The Morgan fingerprint density at radius 2 is 2.00 bits per heavy atom. The minimum absolute atomic E-state index is 0.0234. The predicted molar refractivity (Wildman–Crippen MR) is 96.6 cm³/mol. The van der Waals surface area contributed by atoms with E-state index in [4.69, 9.17) is 0 Å². The first-order valence-electron chi connectivity index (χ1n) is 9.52. The number of aryl methyl sites for hydroxylation is 1. The van der Waals surface area contributed by atoms with Gasteiger partial charge in [0.1, 0.15) is 5.82 Å². The molecule has 9 heteroatoms. The van der Waals surface area contributed by atoms with E-state index in [1.165, 1.54) is 0 Å². The normalized spacial score (nSPS) is 18.6. The van der Waals surface area contributed by atoms with Gasteiger partial charge in [-0.05, 0) is 19.8 Å². The van der Waals surface area contributed by atoms with Crippen LogP contribution in [0.1, 0.15) is 49.2 Å². The fraction of sp³-hybridized carbons (Fsp3) is 0.611. The van der Waals surface area contributed by atoms with Gasteiger partial charge in [-0.1, -0.05) is 6.92 Å². The summed E-state index contributed by atoms with van der Waals surface area (Å²) in [5.74, 6) is 1.40. The zero-order chi connectivity index (χ0) is 19.0. The van der Waals surface area contributed by atoms with Gasteiger partial charge in [-0.3, -0.25) is 14.7 Å². The molecule has 0 saturated carbocycles. The highest BCUT2D eigenvalue weighted by molar-refractivity contribution is 5.79. The van der Waals surface area contributed by atoms with Crippen LogP contribution in [0.15, 0.2) is 6.33 Å². The van der Waals surface area contributed by atoms with Crippen LogP contribution in [0.2, 0.25) is 0 Å². The number of aromatic nitrogens is 5. The van der Waals surface area contributed by atoms with Crippen molar-refractivity contribution in [3.63, 3.8) is 0 Å². The summed E-state index contributed by atoms with van der Waals surface area (Å²) in [6, 6.07) is 0. The quantitative estimate of drug-likeness (QED) is 0.825. The number of hydrogen-bond acceptors (Lipinski definition) is 5. The molecule has 2 amide bonds. The lowest BCUT2D eigenvalue weighted by Gasteiger charge is -2.50. The monoisotopic (exact) mass is 371 g/mol. The highest BCUT2D eigenvalue weighted by Gasteiger charge is 2.48. The maximum absolute atomic E-state index is 12.6. The molecule has 0 aliphatic carbocycles. The van der Waals surface area contributed by atoms with Gasteiger partial charge < -0.3 is 14.8 Å². The molecule has 0 unspecified atom stereocenters. The molecule has 1 spiro atoms. The second-order valence-electron chi connectivity index (χ2n) is 7.30. The van der Waals surface area contributed by atoms with Crippen molar-refractivity contribution in [1.82, 2.24) is 34.9 Å². The minimum Gasteiger partial charge on any atom is -0.348 e. The van der Waals surface area contributed by atoms with Gasteiger partial charge in [0.15, 0.2) is 5.82 Å². The number of fused-ring (bicyclic) bond motifs is 2. The maximum atomic E-state index is 12.6. The second kappa shape index (κ2) is 6.79. The van der Waals surface area contributed by atoms with Crippen molar-refractivity contribution in [1.29, 1.82) is 0 Å². The molecule has 0 bridgehead atoms. The van der Waals surface area contributed by atoms with Crippen LogP contribution in [0.4, 0.5) is 0 Å². The molecule has 27 heavy (non-hydrogen) atoms. The van der Waals surface area contributed by atoms with Crippen molar-refractivity contribution in [2.24, 2.45) is 0 Å². The van der Waals surface area contributed by atoms with Crippen molar-refractivity contribution in [2.45, 2.75) is 51.5 Å². The topological polar surface area (TPSA) is 111 Å². The number of imidazole rings is 1. The van der Waals surface area contributed by atoms with Crippen molar-refractivity contribution in [3.05, 3.63) is 29.4 Å². The molecule has 0 atom stereocenters. The average molecular weight is 371 g/mol. The Morgan fingerprint density at radius 1 is 1.22 bits per heavy atom. The smallest absolute Gasteiger partial charge is 0.230 e. The van der Waals surface area contributed by atoms with Crippen LogP contribution in [0.5, 0.6) is 0 Å². The Hall–Kier alpha value is -2.71. The summed E-state index contributed by atoms with van der Waals surface area (Å²) in [6.45, 7) is 5.61. The number of piperidine rings is 1. The molecule has 4 rings (SSSR count). The van der Waals surface area contributed by atoms with Crippen LogP contribution in [-0.4, -0.2) is 66.4 Å². The summed E-state index contributed by atoms with van der Waals surface area (Å²) in [6.07, 6.45) is 4.60. The summed E-state index contributed by atoms with van der Waals surface area (Å²) in [7, 11) is 0. The third-order valence-corrected chi connectivity index (χ3v) is 5.76. The molecule has 0 aromatic carbocycles. The molecule has 2 aromatic heterocycles. The number of carbonyl (C=O) groups is 2. The van der Waals surface area contributed by atoms with E-state index in [2.05, 4.69) is 25.1 Å². The molecule has 2 aromatic rings. The lowest BCUT2D eigenvalue weighted by Crippen LogP contribution is -2.59. The Bertz CT molecular complexity index is 848. The lowest BCUT2D eigenvalue weighted by atomic mass is 9.78. The van der Waals surface area contributed by atoms with Crippen LogP contribution in [-0.2, 0) is 28.0 Å². The first-order valence-corrected chi connectivity index (χ1v) is 9.52. The highest BCUT2D eigenvalue weighted by Crippen LogP contribution is 2.42. The lowest BCUT2D eigenvalue weighted by molar-refractivity contribution is -0.144. The van der Waals surface area contributed by atoms with Crippen LogP contribution in [0.3, 0.4) is 0 Å². The summed E-state index contributed by atoms with van der Waals surface area (Å²) < 4.78 is 0. The van der Waals surface area contributed by atoms with Crippen LogP contribution < -0.4 is 0 Å². The van der Waals surface area contributed by atoms with Crippen molar-refractivity contribution in [3.8, 4) is 0 Å². The van der Waals surface area contributed by atoms with Crippen molar-refractivity contribution in [2.75, 3.05) is 19.6 Å². The van der Waals surface area contributed by atoms with E-state index in [0.717, 1.165) is 17.8 Å². The fourth-order valence-electron chi connectivity index (χ4n) is 4.38. The standard InChI is InChI=1S/C18H25N7O2/c1-3-15(26)25-7-4-13-17(20-11-19-13)18(25)5-8-24(9-6-18)16(27)10-14-21-12(2)22-23-14/h11H,3-10H2,1-2H3,(H,19,20)(H,21,22,23). The molecular weight excluding hydrogens is 346 g/mol. The predicted octanol–water partition coefficient (Wildman–Crippen LogP) is 0.691. The molecule has 1 saturated heterocycles. The third-order valence-electron chi connectivity index (χ3n) is 5.76. The number of aromatic amines is 2. The van der Waals surface area contributed by atoms with Gasteiger partial charge in [0.2, 0.25) is 11.8 Å². The highest BCUT2D eigenvalue weighted by atomic mass is 16.2. The Labute approximate surface area is 157 Å². The SMILES string of the molecule is CCC(=O)N1CCc2[nH]cnc2C12CCN(C(=O)Cc1n[nH]c(C)n1)CC2. The number of H-pyrrole nitrogens is 2. The molecule has 2 aliphatic heterocycles. The average Bonchev–Trinajstić information content (AvgIpc) is 3.31. The first kappa shape index (κ1) is 17.7. The number of hydrogen-bond donors (Lipinski definition) is 2. The van der Waals surface area contributed by atoms with E-state index in [-0.39, 0.29) is 18.2 Å². The molecule has 4 heterocycles. The van der Waals surface area contributed by atoms with E-state index >= 15 is 0 Å². The molecular formula is C18H25N7O2. The van der Waals surface area contributed by atoms with E-state index < -0.39 is 5.54 Å². The van der Waals surface area contributed by atoms with Gasteiger partial charge in [-0.2, -0.15) is 5.10 Å². The van der Waals surface area contributed by atoms with Crippen LogP contribution in [0, 0.1) is 6.92 Å².